The van der Waals surface area contributed by atoms with E-state index >= 15 is 0 Å². The van der Waals surface area contributed by atoms with Gasteiger partial charge >= 0.3 is 0 Å². The number of fused-ring (bicyclic) bond motifs is 1. The number of hydrogen-bond donors (Lipinski definition) is 1. The normalized spacial score (nSPS) is 17.6. The average molecular weight is 410 g/mol. The van der Waals surface area contributed by atoms with E-state index in [-0.39, 0.29) is 17.8 Å². The number of nitriles is 1. The molecular formula is C21H20F2N6O. The van der Waals surface area contributed by atoms with Crippen LogP contribution in [-0.2, 0) is 18.3 Å². The largest absolute Gasteiger partial charge is 0.334 e. The lowest BCUT2D eigenvalue weighted by Crippen LogP contribution is -2.19. The molecule has 2 unspecified atom stereocenters. The highest BCUT2D eigenvalue weighted by atomic mass is 19.1. The molecule has 9 heteroatoms. The summed E-state index contributed by atoms with van der Waals surface area (Å²) in [6.07, 6.45) is 1.17. The van der Waals surface area contributed by atoms with Crippen LogP contribution in [0.4, 0.5) is 26.1 Å². The number of carbonyl (C=O) groups excluding carboxylic acids is 1. The minimum absolute atomic E-state index is 0.200. The maximum Gasteiger partial charge on any atom is 0.231 e. The molecule has 1 amide bonds. The molecule has 1 aliphatic carbocycles. The van der Waals surface area contributed by atoms with E-state index in [1.54, 1.807) is 42.0 Å². The van der Waals surface area contributed by atoms with Gasteiger partial charge in [0.15, 0.2) is 5.82 Å². The second-order valence-electron chi connectivity index (χ2n) is 7.39. The topological polar surface area (TPSA) is 86.8 Å². The molecular weight excluding hydrogens is 390 g/mol. The predicted octanol–water partition coefficient (Wildman–Crippen LogP) is 3.61. The SMILES string of the molecule is CCc1cc(C#N)cc(F)c1N(C)c1cc2c(ncn2C)c(NC(=O)C2CC2F)n1. The van der Waals surface area contributed by atoms with Crippen molar-refractivity contribution in [1.82, 2.24) is 14.5 Å². The number of halogens is 2. The van der Waals surface area contributed by atoms with E-state index in [1.807, 2.05) is 13.0 Å². The van der Waals surface area contributed by atoms with E-state index < -0.39 is 23.8 Å². The Morgan fingerprint density at radius 1 is 1.43 bits per heavy atom. The smallest absolute Gasteiger partial charge is 0.231 e. The third-order valence-electron chi connectivity index (χ3n) is 5.32. The first-order valence-corrected chi connectivity index (χ1v) is 9.57. The molecule has 1 saturated carbocycles. The quantitative estimate of drug-likeness (QED) is 0.694. The molecule has 1 aromatic carbocycles. The predicted molar refractivity (Wildman–Crippen MR) is 109 cm³/mol. The van der Waals surface area contributed by atoms with Gasteiger partial charge in [-0.25, -0.2) is 18.7 Å². The standard InChI is InChI=1S/C21H20F2N6O/c1-4-12-5-11(9-24)6-15(23)19(12)29(3)17-8-16-18(25-10-28(16)2)20(26-17)27-21(30)13-7-14(13)22/h5-6,8,10,13-14H,4,7H2,1-3H3,(H,26,27,30). The van der Waals surface area contributed by atoms with Gasteiger partial charge in [0.1, 0.15) is 23.3 Å². The Labute approximate surface area is 172 Å². The number of hydrogen-bond acceptors (Lipinski definition) is 5. The summed E-state index contributed by atoms with van der Waals surface area (Å²) < 4.78 is 29.9. The lowest BCUT2D eigenvalue weighted by molar-refractivity contribution is -0.117. The van der Waals surface area contributed by atoms with Gasteiger partial charge in [-0.3, -0.25) is 4.79 Å². The summed E-state index contributed by atoms with van der Waals surface area (Å²) >= 11 is 0. The summed E-state index contributed by atoms with van der Waals surface area (Å²) in [5.41, 5.74) is 2.35. The number of alkyl halides is 1. The second kappa shape index (κ2) is 7.37. The molecule has 2 aromatic heterocycles. The Balaban J connectivity index is 1.80. The third-order valence-corrected chi connectivity index (χ3v) is 5.32. The summed E-state index contributed by atoms with van der Waals surface area (Å²) in [4.78, 5) is 22.6. The van der Waals surface area contributed by atoms with Crippen LogP contribution in [0.2, 0.25) is 0 Å². The van der Waals surface area contributed by atoms with Crippen LogP contribution in [0.25, 0.3) is 11.0 Å². The number of pyridine rings is 1. The molecule has 30 heavy (non-hydrogen) atoms. The number of benzene rings is 1. The van der Waals surface area contributed by atoms with E-state index in [1.165, 1.54) is 6.07 Å². The van der Waals surface area contributed by atoms with Gasteiger partial charge in [-0.1, -0.05) is 6.92 Å². The van der Waals surface area contributed by atoms with Crippen LogP contribution in [-0.4, -0.2) is 33.7 Å². The number of rotatable bonds is 5. The minimum atomic E-state index is -1.13. The number of carbonyl (C=O) groups is 1. The summed E-state index contributed by atoms with van der Waals surface area (Å²) in [6.45, 7) is 1.87. The highest BCUT2D eigenvalue weighted by Gasteiger charge is 2.44. The van der Waals surface area contributed by atoms with Crippen molar-refractivity contribution in [3.8, 4) is 6.07 Å². The van der Waals surface area contributed by atoms with Crippen molar-refractivity contribution in [1.29, 1.82) is 5.26 Å². The molecule has 0 bridgehead atoms. The molecule has 0 spiro atoms. The zero-order valence-corrected chi connectivity index (χ0v) is 16.8. The first-order valence-electron chi connectivity index (χ1n) is 9.57. The van der Waals surface area contributed by atoms with Gasteiger partial charge in [0.2, 0.25) is 5.91 Å². The maximum atomic E-state index is 14.9. The van der Waals surface area contributed by atoms with Crippen LogP contribution in [0.15, 0.2) is 24.5 Å². The van der Waals surface area contributed by atoms with Crippen molar-refractivity contribution in [2.45, 2.75) is 25.9 Å². The maximum absolute atomic E-state index is 14.9. The Bertz CT molecular complexity index is 1200. The molecule has 2 atom stereocenters. The monoisotopic (exact) mass is 410 g/mol. The van der Waals surface area contributed by atoms with Gasteiger partial charge in [-0.15, -0.1) is 0 Å². The molecule has 0 aliphatic heterocycles. The van der Waals surface area contributed by atoms with Crippen LogP contribution in [0.1, 0.15) is 24.5 Å². The molecule has 2 heterocycles. The third kappa shape index (κ3) is 3.34. The molecule has 3 aromatic rings. The lowest BCUT2D eigenvalue weighted by atomic mass is 10.1. The zero-order chi connectivity index (χ0) is 21.6. The van der Waals surface area contributed by atoms with E-state index in [0.717, 1.165) is 0 Å². The molecule has 0 radical (unpaired) electrons. The van der Waals surface area contributed by atoms with E-state index in [2.05, 4.69) is 15.3 Å². The first kappa shape index (κ1) is 19.8. The van der Waals surface area contributed by atoms with Crippen LogP contribution >= 0.6 is 0 Å². The van der Waals surface area contributed by atoms with E-state index in [0.29, 0.717) is 34.5 Å². The number of nitrogens with zero attached hydrogens (tertiary/aromatic N) is 5. The number of aryl methyl sites for hydroxylation is 2. The molecule has 1 N–H and O–H groups in total. The number of anilines is 3. The van der Waals surface area contributed by atoms with Gasteiger partial charge < -0.3 is 14.8 Å². The fourth-order valence-corrected chi connectivity index (χ4v) is 3.50. The van der Waals surface area contributed by atoms with Crippen molar-refractivity contribution >= 4 is 34.3 Å². The summed E-state index contributed by atoms with van der Waals surface area (Å²) in [5.74, 6) is -1.07. The fourth-order valence-electron chi connectivity index (χ4n) is 3.50. The van der Waals surface area contributed by atoms with Gasteiger partial charge in [0.25, 0.3) is 0 Å². The Morgan fingerprint density at radius 2 is 2.17 bits per heavy atom. The summed E-state index contributed by atoms with van der Waals surface area (Å²) in [5, 5.41) is 11.8. The van der Waals surface area contributed by atoms with Crippen LogP contribution in [0.5, 0.6) is 0 Å². The second-order valence-corrected chi connectivity index (χ2v) is 7.39. The molecule has 0 saturated heterocycles. The Kier molecular flexibility index (Phi) is 4.86. The van der Waals surface area contributed by atoms with Crippen molar-refractivity contribution < 1.29 is 13.6 Å². The molecule has 1 fully saturated rings. The molecule has 7 nitrogen and oxygen atoms in total. The van der Waals surface area contributed by atoms with E-state index in [9.17, 15) is 13.6 Å². The first-order chi connectivity index (χ1) is 14.3. The van der Waals surface area contributed by atoms with Crippen molar-refractivity contribution in [3.63, 3.8) is 0 Å². The van der Waals surface area contributed by atoms with Gasteiger partial charge in [-0.2, -0.15) is 5.26 Å². The van der Waals surface area contributed by atoms with Crippen molar-refractivity contribution in [2.75, 3.05) is 17.3 Å². The van der Waals surface area contributed by atoms with Gasteiger partial charge in [0.05, 0.1) is 35.1 Å². The van der Waals surface area contributed by atoms with Crippen LogP contribution in [0, 0.1) is 23.1 Å². The fraction of sp³-hybridized carbons (Fsp3) is 0.333. The van der Waals surface area contributed by atoms with Crippen molar-refractivity contribution in [3.05, 3.63) is 41.5 Å². The lowest BCUT2D eigenvalue weighted by Gasteiger charge is -2.23. The Hall–Kier alpha value is -3.54. The highest BCUT2D eigenvalue weighted by Crippen LogP contribution is 2.36. The van der Waals surface area contributed by atoms with Gasteiger partial charge in [-0.05, 0) is 30.5 Å². The summed E-state index contributed by atoms with van der Waals surface area (Å²) in [6, 6.07) is 6.54. The number of imidazole rings is 1. The van der Waals surface area contributed by atoms with E-state index in [4.69, 9.17) is 5.26 Å². The zero-order valence-electron chi connectivity index (χ0n) is 16.8. The molecule has 154 valence electrons. The number of aromatic nitrogens is 3. The van der Waals surface area contributed by atoms with Crippen molar-refractivity contribution in [2.24, 2.45) is 13.0 Å². The average Bonchev–Trinajstić information content (AvgIpc) is 3.35. The van der Waals surface area contributed by atoms with Gasteiger partial charge in [0, 0.05) is 20.2 Å². The molecule has 4 rings (SSSR count). The minimum Gasteiger partial charge on any atom is -0.334 e. The van der Waals surface area contributed by atoms with Crippen LogP contribution in [0.3, 0.4) is 0 Å². The summed E-state index contributed by atoms with van der Waals surface area (Å²) in [7, 11) is 3.46. The number of amides is 1. The van der Waals surface area contributed by atoms with Crippen LogP contribution < -0.4 is 10.2 Å². The molecule has 1 aliphatic rings. The Morgan fingerprint density at radius 3 is 2.80 bits per heavy atom. The number of nitrogens with one attached hydrogen (secondary N) is 1. The highest BCUT2D eigenvalue weighted by molar-refractivity contribution is 6.01.